The first-order valence-corrected chi connectivity index (χ1v) is 6.62. The molecule has 0 saturated carbocycles. The zero-order valence-electron chi connectivity index (χ0n) is 12.1. The third-order valence-corrected chi connectivity index (χ3v) is 3.24. The van der Waals surface area contributed by atoms with Crippen molar-refractivity contribution in [2.24, 2.45) is 5.73 Å². The summed E-state index contributed by atoms with van der Waals surface area (Å²) in [7, 11) is 1.58. The zero-order chi connectivity index (χ0) is 15.4. The summed E-state index contributed by atoms with van der Waals surface area (Å²) in [6.45, 7) is 2.63. The Labute approximate surface area is 123 Å². The smallest absolute Gasteiger partial charge is 0.124 e. The minimum atomic E-state index is -0.285. The highest BCUT2D eigenvalue weighted by atomic mass is 19.1. The highest BCUT2D eigenvalue weighted by Crippen LogP contribution is 2.31. The van der Waals surface area contributed by atoms with Crippen molar-refractivity contribution in [1.29, 1.82) is 5.41 Å². The Morgan fingerprint density at radius 3 is 2.43 bits per heavy atom. The van der Waals surface area contributed by atoms with E-state index in [9.17, 15) is 4.39 Å². The van der Waals surface area contributed by atoms with Crippen LogP contribution in [0.5, 0.6) is 5.75 Å². The fourth-order valence-corrected chi connectivity index (χ4v) is 2.20. The standard InChI is InChI=1S/C16H18FN3O/c1-3-20(12-6-4-11(17)5-7-12)15-10-13(21-2)8-9-14(15)16(18)19/h4-10H,3H2,1-2H3,(H3,18,19). The molecular formula is C16H18FN3O. The fourth-order valence-electron chi connectivity index (χ4n) is 2.20. The SMILES string of the molecule is CCN(c1ccc(F)cc1)c1cc(OC)ccc1C(=N)N. The second-order valence-electron chi connectivity index (χ2n) is 4.52. The number of halogens is 1. The minimum Gasteiger partial charge on any atom is -0.497 e. The van der Waals surface area contributed by atoms with Crippen LogP contribution in [-0.4, -0.2) is 19.5 Å². The molecule has 0 amide bonds. The van der Waals surface area contributed by atoms with Crippen LogP contribution in [0.1, 0.15) is 12.5 Å². The lowest BCUT2D eigenvalue weighted by Gasteiger charge is -2.26. The normalized spacial score (nSPS) is 10.2. The number of nitrogens with one attached hydrogen (secondary N) is 1. The van der Waals surface area contributed by atoms with E-state index in [0.717, 1.165) is 11.4 Å². The molecule has 0 bridgehead atoms. The second-order valence-corrected chi connectivity index (χ2v) is 4.52. The van der Waals surface area contributed by atoms with Gasteiger partial charge in [-0.1, -0.05) is 0 Å². The molecule has 2 rings (SSSR count). The molecule has 0 aliphatic carbocycles. The Morgan fingerprint density at radius 1 is 1.24 bits per heavy atom. The minimum absolute atomic E-state index is 0.0202. The number of hydrogen-bond donors (Lipinski definition) is 2. The predicted molar refractivity (Wildman–Crippen MR) is 83.1 cm³/mol. The van der Waals surface area contributed by atoms with Crippen LogP contribution < -0.4 is 15.4 Å². The van der Waals surface area contributed by atoms with E-state index in [4.69, 9.17) is 15.9 Å². The second kappa shape index (κ2) is 6.26. The van der Waals surface area contributed by atoms with Gasteiger partial charge in [0.1, 0.15) is 17.4 Å². The summed E-state index contributed by atoms with van der Waals surface area (Å²) in [5.74, 6) is 0.371. The van der Waals surface area contributed by atoms with Gasteiger partial charge in [0, 0.05) is 23.9 Å². The molecule has 0 heterocycles. The zero-order valence-corrected chi connectivity index (χ0v) is 12.1. The molecule has 2 aromatic rings. The molecule has 0 fully saturated rings. The van der Waals surface area contributed by atoms with E-state index in [0.29, 0.717) is 17.9 Å². The Balaban J connectivity index is 2.54. The Morgan fingerprint density at radius 2 is 1.90 bits per heavy atom. The fraction of sp³-hybridized carbons (Fsp3) is 0.188. The van der Waals surface area contributed by atoms with Gasteiger partial charge in [-0.25, -0.2) is 4.39 Å². The summed E-state index contributed by atoms with van der Waals surface area (Å²) >= 11 is 0. The number of benzene rings is 2. The number of hydrogen-bond acceptors (Lipinski definition) is 3. The molecule has 21 heavy (non-hydrogen) atoms. The lowest BCUT2D eigenvalue weighted by Crippen LogP contribution is -2.22. The van der Waals surface area contributed by atoms with Gasteiger partial charge < -0.3 is 15.4 Å². The number of methoxy groups -OCH3 is 1. The van der Waals surface area contributed by atoms with Crippen molar-refractivity contribution >= 4 is 17.2 Å². The van der Waals surface area contributed by atoms with Crippen molar-refractivity contribution in [3.05, 3.63) is 53.8 Å². The monoisotopic (exact) mass is 287 g/mol. The molecule has 0 saturated heterocycles. The summed E-state index contributed by atoms with van der Waals surface area (Å²) in [6, 6.07) is 11.5. The summed E-state index contributed by atoms with van der Waals surface area (Å²) in [5, 5.41) is 7.72. The number of nitrogens with two attached hydrogens (primary N) is 1. The van der Waals surface area contributed by atoms with Crippen LogP contribution in [0.3, 0.4) is 0 Å². The molecule has 3 N–H and O–H groups in total. The van der Waals surface area contributed by atoms with E-state index >= 15 is 0 Å². The first-order chi connectivity index (χ1) is 10.1. The maximum Gasteiger partial charge on any atom is 0.124 e. The molecular weight excluding hydrogens is 269 g/mol. The van der Waals surface area contributed by atoms with Crippen LogP contribution in [0.2, 0.25) is 0 Å². The van der Waals surface area contributed by atoms with Gasteiger partial charge in [0.05, 0.1) is 12.8 Å². The first-order valence-electron chi connectivity index (χ1n) is 6.62. The van der Waals surface area contributed by atoms with Gasteiger partial charge in [-0.05, 0) is 43.3 Å². The van der Waals surface area contributed by atoms with Gasteiger partial charge in [-0.2, -0.15) is 0 Å². The summed E-state index contributed by atoms with van der Waals surface area (Å²) in [5.41, 5.74) is 7.86. The number of anilines is 2. The third-order valence-electron chi connectivity index (χ3n) is 3.24. The molecule has 0 radical (unpaired) electrons. The van der Waals surface area contributed by atoms with Gasteiger partial charge in [-0.3, -0.25) is 5.41 Å². The highest BCUT2D eigenvalue weighted by molar-refractivity contribution is 6.01. The molecule has 0 aliphatic rings. The quantitative estimate of drug-likeness (QED) is 0.655. The van der Waals surface area contributed by atoms with Gasteiger partial charge in [-0.15, -0.1) is 0 Å². The summed E-state index contributed by atoms with van der Waals surface area (Å²) in [6.07, 6.45) is 0. The topological polar surface area (TPSA) is 62.3 Å². The first kappa shape index (κ1) is 14.8. The number of amidine groups is 1. The maximum atomic E-state index is 13.1. The van der Waals surface area contributed by atoms with E-state index in [1.165, 1.54) is 12.1 Å². The molecule has 5 heteroatoms. The maximum absolute atomic E-state index is 13.1. The molecule has 2 aromatic carbocycles. The average molecular weight is 287 g/mol. The Hall–Kier alpha value is -2.56. The van der Waals surface area contributed by atoms with Crippen molar-refractivity contribution in [3.63, 3.8) is 0 Å². The van der Waals surface area contributed by atoms with Crippen LogP contribution in [-0.2, 0) is 0 Å². The molecule has 0 unspecified atom stereocenters. The van der Waals surface area contributed by atoms with Crippen LogP contribution in [0, 0.1) is 11.2 Å². The van der Waals surface area contributed by atoms with E-state index in [1.807, 2.05) is 17.9 Å². The van der Waals surface area contributed by atoms with Crippen molar-refractivity contribution in [1.82, 2.24) is 0 Å². The molecule has 4 nitrogen and oxygen atoms in total. The van der Waals surface area contributed by atoms with Crippen molar-refractivity contribution < 1.29 is 9.13 Å². The van der Waals surface area contributed by atoms with Gasteiger partial charge >= 0.3 is 0 Å². The number of nitrogens with zero attached hydrogens (tertiary/aromatic N) is 1. The largest absolute Gasteiger partial charge is 0.497 e. The van der Waals surface area contributed by atoms with Crippen molar-refractivity contribution in [2.45, 2.75) is 6.92 Å². The highest BCUT2D eigenvalue weighted by Gasteiger charge is 2.15. The molecule has 0 atom stereocenters. The van der Waals surface area contributed by atoms with E-state index < -0.39 is 0 Å². The summed E-state index contributed by atoms with van der Waals surface area (Å²) in [4.78, 5) is 1.96. The summed E-state index contributed by atoms with van der Waals surface area (Å²) < 4.78 is 18.3. The van der Waals surface area contributed by atoms with Crippen LogP contribution in [0.4, 0.5) is 15.8 Å². The van der Waals surface area contributed by atoms with Crippen LogP contribution in [0.25, 0.3) is 0 Å². The Kier molecular flexibility index (Phi) is 4.42. The van der Waals surface area contributed by atoms with Crippen molar-refractivity contribution in [2.75, 3.05) is 18.6 Å². The molecule has 0 spiro atoms. The van der Waals surface area contributed by atoms with Crippen molar-refractivity contribution in [3.8, 4) is 5.75 Å². The Bertz CT molecular complexity index is 640. The van der Waals surface area contributed by atoms with Gasteiger partial charge in [0.2, 0.25) is 0 Å². The lowest BCUT2D eigenvalue weighted by atomic mass is 10.1. The van der Waals surface area contributed by atoms with E-state index in [2.05, 4.69) is 0 Å². The van der Waals surface area contributed by atoms with Crippen LogP contribution >= 0.6 is 0 Å². The molecule has 110 valence electrons. The van der Waals surface area contributed by atoms with Gasteiger partial charge in [0.15, 0.2) is 0 Å². The third kappa shape index (κ3) is 3.13. The number of nitrogen functional groups attached to an aromatic ring is 1. The predicted octanol–water partition coefficient (Wildman–Crippen LogP) is 3.28. The number of rotatable bonds is 5. The molecule has 0 aliphatic heterocycles. The molecule has 0 aromatic heterocycles. The average Bonchev–Trinajstić information content (AvgIpc) is 2.49. The van der Waals surface area contributed by atoms with E-state index in [1.54, 1.807) is 31.4 Å². The van der Waals surface area contributed by atoms with E-state index in [-0.39, 0.29) is 11.7 Å². The number of ether oxygens (including phenoxy) is 1. The van der Waals surface area contributed by atoms with Crippen LogP contribution in [0.15, 0.2) is 42.5 Å². The van der Waals surface area contributed by atoms with Gasteiger partial charge in [0.25, 0.3) is 0 Å². The lowest BCUT2D eigenvalue weighted by molar-refractivity contribution is 0.415.